The summed E-state index contributed by atoms with van der Waals surface area (Å²) in [6.07, 6.45) is 5.03. The number of piperidine rings is 1. The molecule has 3 heteroatoms. The maximum absolute atomic E-state index is 5.84. The Kier molecular flexibility index (Phi) is 3.65. The number of benzene rings is 1. The van der Waals surface area contributed by atoms with E-state index in [2.05, 4.69) is 41.4 Å². The average Bonchev–Trinajstić information content (AvgIpc) is 2.62. The maximum Gasteiger partial charge on any atom is 0.142 e. The third-order valence-corrected chi connectivity index (χ3v) is 4.28. The Morgan fingerprint density at radius 2 is 2.16 bits per heavy atom. The molecule has 0 amide bonds. The van der Waals surface area contributed by atoms with E-state index in [0.717, 1.165) is 38.4 Å². The number of para-hydroxylation sites is 2. The first-order chi connectivity index (χ1) is 9.27. The van der Waals surface area contributed by atoms with Gasteiger partial charge in [-0.2, -0.15) is 0 Å². The second-order valence-electron chi connectivity index (χ2n) is 6.04. The number of nitrogens with zero attached hydrogens (tertiary/aromatic N) is 1. The molecule has 19 heavy (non-hydrogen) atoms. The molecule has 0 spiro atoms. The molecule has 104 valence electrons. The number of fused-ring (bicyclic) bond motifs is 1. The second kappa shape index (κ2) is 5.41. The minimum Gasteiger partial charge on any atom is -0.491 e. The van der Waals surface area contributed by atoms with Gasteiger partial charge in [0.15, 0.2) is 0 Å². The van der Waals surface area contributed by atoms with Crippen molar-refractivity contribution in [2.75, 3.05) is 31.1 Å². The molecule has 0 radical (unpaired) electrons. The van der Waals surface area contributed by atoms with E-state index in [1.165, 1.54) is 24.9 Å². The number of anilines is 1. The molecule has 2 aliphatic heterocycles. The number of nitrogens with one attached hydrogen (secondary N) is 1. The van der Waals surface area contributed by atoms with Crippen LogP contribution in [0.15, 0.2) is 24.3 Å². The van der Waals surface area contributed by atoms with Gasteiger partial charge in [0.05, 0.1) is 12.3 Å². The fourth-order valence-corrected chi connectivity index (χ4v) is 3.24. The summed E-state index contributed by atoms with van der Waals surface area (Å²) in [5.74, 6) is 1.04. The molecule has 0 saturated carbocycles. The summed E-state index contributed by atoms with van der Waals surface area (Å²) in [5, 5.41) is 3.71. The summed E-state index contributed by atoms with van der Waals surface area (Å²) in [5.41, 5.74) is 1.50. The summed E-state index contributed by atoms with van der Waals surface area (Å²) >= 11 is 0. The molecule has 1 aromatic rings. The molecule has 0 aromatic heterocycles. The Labute approximate surface area is 115 Å². The van der Waals surface area contributed by atoms with Crippen LogP contribution in [-0.4, -0.2) is 31.8 Å². The highest BCUT2D eigenvalue weighted by Gasteiger charge is 2.30. The first kappa shape index (κ1) is 12.8. The van der Waals surface area contributed by atoms with Gasteiger partial charge in [0, 0.05) is 18.6 Å². The Bertz CT molecular complexity index is 427. The largest absolute Gasteiger partial charge is 0.491 e. The van der Waals surface area contributed by atoms with Crippen LogP contribution in [0.1, 0.15) is 32.6 Å². The summed E-state index contributed by atoms with van der Waals surface area (Å²) in [4.78, 5) is 2.50. The monoisotopic (exact) mass is 260 g/mol. The van der Waals surface area contributed by atoms with E-state index in [0.29, 0.717) is 0 Å². The number of ether oxygens (including phenoxy) is 1. The van der Waals surface area contributed by atoms with E-state index < -0.39 is 0 Å². The summed E-state index contributed by atoms with van der Waals surface area (Å²) in [6.45, 7) is 6.52. The predicted molar refractivity (Wildman–Crippen MR) is 79.0 cm³/mol. The number of rotatable bonds is 2. The third kappa shape index (κ3) is 2.86. The zero-order chi connectivity index (χ0) is 13.1. The van der Waals surface area contributed by atoms with Gasteiger partial charge in [0.2, 0.25) is 0 Å². The van der Waals surface area contributed by atoms with Crippen molar-refractivity contribution in [2.45, 2.75) is 38.1 Å². The minimum absolute atomic E-state index is 0.246. The summed E-state index contributed by atoms with van der Waals surface area (Å²) in [7, 11) is 0. The van der Waals surface area contributed by atoms with Gasteiger partial charge in [0.25, 0.3) is 0 Å². The molecule has 1 saturated heterocycles. The van der Waals surface area contributed by atoms with E-state index in [1.54, 1.807) is 0 Å². The van der Waals surface area contributed by atoms with Crippen LogP contribution in [0.2, 0.25) is 0 Å². The van der Waals surface area contributed by atoms with Gasteiger partial charge in [-0.1, -0.05) is 18.6 Å². The summed E-state index contributed by atoms with van der Waals surface area (Å²) < 4.78 is 5.84. The zero-order valence-electron chi connectivity index (χ0n) is 11.8. The van der Waals surface area contributed by atoms with Gasteiger partial charge in [-0.25, -0.2) is 0 Å². The molecular formula is C16H24N2O. The molecular weight excluding hydrogens is 236 g/mol. The Morgan fingerprint density at radius 1 is 1.26 bits per heavy atom. The van der Waals surface area contributed by atoms with Crippen molar-refractivity contribution in [3.8, 4) is 5.75 Å². The van der Waals surface area contributed by atoms with E-state index in [9.17, 15) is 0 Å². The van der Waals surface area contributed by atoms with Crippen molar-refractivity contribution in [1.82, 2.24) is 5.32 Å². The normalized spacial score (nSPS) is 27.3. The topological polar surface area (TPSA) is 24.5 Å². The summed E-state index contributed by atoms with van der Waals surface area (Å²) in [6, 6.07) is 8.44. The number of hydrogen-bond acceptors (Lipinski definition) is 3. The third-order valence-electron chi connectivity index (χ3n) is 4.28. The van der Waals surface area contributed by atoms with Gasteiger partial charge in [-0.05, 0) is 44.9 Å². The van der Waals surface area contributed by atoms with E-state index in [1.807, 2.05) is 0 Å². The van der Waals surface area contributed by atoms with Crippen LogP contribution < -0.4 is 15.0 Å². The molecule has 3 rings (SSSR count). The van der Waals surface area contributed by atoms with Gasteiger partial charge in [0.1, 0.15) is 5.75 Å². The van der Waals surface area contributed by atoms with E-state index >= 15 is 0 Å². The lowest BCUT2D eigenvalue weighted by Gasteiger charge is -2.40. The molecule has 1 N–H and O–H groups in total. The molecule has 2 aliphatic rings. The fourth-order valence-electron chi connectivity index (χ4n) is 3.24. The smallest absolute Gasteiger partial charge is 0.142 e. The maximum atomic E-state index is 5.84. The lowest BCUT2D eigenvalue weighted by Crippen LogP contribution is -2.54. The average molecular weight is 260 g/mol. The first-order valence-corrected chi connectivity index (χ1v) is 7.49. The minimum atomic E-state index is 0.246. The molecule has 3 nitrogen and oxygen atoms in total. The quantitative estimate of drug-likeness (QED) is 0.885. The highest BCUT2D eigenvalue weighted by atomic mass is 16.5. The first-order valence-electron chi connectivity index (χ1n) is 7.49. The lowest BCUT2D eigenvalue weighted by atomic mass is 9.90. The highest BCUT2D eigenvalue weighted by Crippen LogP contribution is 2.32. The van der Waals surface area contributed by atoms with E-state index in [4.69, 9.17) is 4.74 Å². The van der Waals surface area contributed by atoms with Gasteiger partial charge < -0.3 is 15.0 Å². The zero-order valence-corrected chi connectivity index (χ0v) is 11.8. The SMILES string of the molecule is CC1(CN2CCCOc3ccccc32)CCCCN1. The van der Waals surface area contributed by atoms with Crippen LogP contribution in [-0.2, 0) is 0 Å². The van der Waals surface area contributed by atoms with Crippen molar-refractivity contribution in [1.29, 1.82) is 0 Å². The molecule has 1 fully saturated rings. The molecule has 1 atom stereocenters. The van der Waals surface area contributed by atoms with Gasteiger partial charge in [-0.3, -0.25) is 0 Å². The van der Waals surface area contributed by atoms with Gasteiger partial charge in [-0.15, -0.1) is 0 Å². The van der Waals surface area contributed by atoms with E-state index in [-0.39, 0.29) is 5.54 Å². The van der Waals surface area contributed by atoms with Crippen molar-refractivity contribution >= 4 is 5.69 Å². The predicted octanol–water partition coefficient (Wildman–Crippen LogP) is 2.81. The van der Waals surface area contributed by atoms with Crippen LogP contribution in [0.4, 0.5) is 5.69 Å². The van der Waals surface area contributed by atoms with Crippen molar-refractivity contribution in [3.63, 3.8) is 0 Å². The van der Waals surface area contributed by atoms with Crippen LogP contribution in [0.3, 0.4) is 0 Å². The molecule has 2 heterocycles. The fraction of sp³-hybridized carbons (Fsp3) is 0.625. The number of hydrogen-bond donors (Lipinski definition) is 1. The van der Waals surface area contributed by atoms with Gasteiger partial charge >= 0.3 is 0 Å². The second-order valence-corrected chi connectivity index (χ2v) is 6.04. The standard InChI is InChI=1S/C16H24N2O/c1-16(9-4-5-10-17-16)13-18-11-6-12-19-15-8-3-2-7-14(15)18/h2-3,7-8,17H,4-6,9-13H2,1H3. The van der Waals surface area contributed by atoms with Crippen molar-refractivity contribution in [2.24, 2.45) is 0 Å². The Balaban J connectivity index is 1.80. The Hall–Kier alpha value is -1.22. The Morgan fingerprint density at radius 3 is 3.00 bits per heavy atom. The lowest BCUT2D eigenvalue weighted by molar-refractivity contribution is 0.279. The van der Waals surface area contributed by atoms with Crippen LogP contribution in [0.5, 0.6) is 5.75 Å². The molecule has 1 unspecified atom stereocenters. The molecule has 0 bridgehead atoms. The van der Waals surface area contributed by atoms with Crippen LogP contribution >= 0.6 is 0 Å². The molecule has 0 aliphatic carbocycles. The van der Waals surface area contributed by atoms with Crippen molar-refractivity contribution in [3.05, 3.63) is 24.3 Å². The van der Waals surface area contributed by atoms with Crippen LogP contribution in [0, 0.1) is 0 Å². The van der Waals surface area contributed by atoms with Crippen LogP contribution in [0.25, 0.3) is 0 Å². The molecule has 1 aromatic carbocycles. The highest BCUT2D eigenvalue weighted by molar-refractivity contribution is 5.59. The van der Waals surface area contributed by atoms with Crippen molar-refractivity contribution < 1.29 is 4.74 Å².